The van der Waals surface area contributed by atoms with Crippen LogP contribution in [-0.4, -0.2) is 45.1 Å². The third-order valence-electron chi connectivity index (χ3n) is 3.35. The zero-order valence-corrected chi connectivity index (χ0v) is 11.5. The number of piperidine rings is 1. The molecule has 1 N–H and O–H groups in total. The van der Waals surface area contributed by atoms with Crippen LogP contribution in [0.2, 0.25) is 0 Å². The first-order valence-corrected chi connectivity index (χ1v) is 6.77. The fraction of sp³-hybridized carbons (Fsp3) is 0.667. The summed E-state index contributed by atoms with van der Waals surface area (Å²) in [7, 11) is 1.62. The Morgan fingerprint density at radius 3 is 2.80 bits per heavy atom. The van der Waals surface area contributed by atoms with E-state index in [0.717, 1.165) is 25.9 Å². The van der Waals surface area contributed by atoms with Crippen LogP contribution in [0.3, 0.4) is 0 Å². The summed E-state index contributed by atoms with van der Waals surface area (Å²) in [5.41, 5.74) is -0.0714. The van der Waals surface area contributed by atoms with E-state index in [2.05, 4.69) is 10.4 Å². The number of nitrogens with one attached hydrogen (secondary N) is 1. The van der Waals surface area contributed by atoms with Crippen LogP contribution in [0, 0.1) is 10.1 Å². The van der Waals surface area contributed by atoms with Gasteiger partial charge in [-0.25, -0.2) is 0 Å². The maximum atomic E-state index is 11.9. The normalized spacial score (nSPS) is 15.2. The first kappa shape index (κ1) is 14.3. The molecule has 2 heterocycles. The number of likely N-dealkylation sites (tertiary alicyclic amines) is 1. The van der Waals surface area contributed by atoms with Crippen LogP contribution in [0.25, 0.3) is 0 Å². The fourth-order valence-corrected chi connectivity index (χ4v) is 2.32. The highest BCUT2D eigenvalue weighted by molar-refractivity contribution is 5.76. The Bertz CT molecular complexity index is 493. The number of amides is 1. The minimum Gasteiger partial charge on any atom is -0.362 e. The van der Waals surface area contributed by atoms with E-state index >= 15 is 0 Å². The number of aromatic nitrogens is 2. The molecule has 110 valence electrons. The van der Waals surface area contributed by atoms with Crippen molar-refractivity contribution >= 4 is 17.4 Å². The summed E-state index contributed by atoms with van der Waals surface area (Å²) in [4.78, 5) is 24.1. The van der Waals surface area contributed by atoms with Gasteiger partial charge in [0.25, 0.3) is 0 Å². The van der Waals surface area contributed by atoms with E-state index in [9.17, 15) is 14.9 Å². The molecule has 2 rings (SSSR count). The summed E-state index contributed by atoms with van der Waals surface area (Å²) in [6.07, 6.45) is 4.97. The van der Waals surface area contributed by atoms with Crippen molar-refractivity contribution in [2.45, 2.75) is 25.7 Å². The molecule has 0 bridgehead atoms. The molecule has 1 aromatic heterocycles. The van der Waals surface area contributed by atoms with Gasteiger partial charge >= 0.3 is 5.69 Å². The average molecular weight is 281 g/mol. The monoisotopic (exact) mass is 281 g/mol. The van der Waals surface area contributed by atoms with Crippen LogP contribution in [0.4, 0.5) is 11.5 Å². The predicted molar refractivity (Wildman–Crippen MR) is 73.4 cm³/mol. The number of anilines is 1. The zero-order chi connectivity index (χ0) is 14.5. The lowest BCUT2D eigenvalue weighted by Gasteiger charge is -2.26. The molecule has 1 fully saturated rings. The summed E-state index contributed by atoms with van der Waals surface area (Å²) in [6, 6.07) is 0. The maximum absolute atomic E-state index is 11.9. The van der Waals surface area contributed by atoms with Crippen molar-refractivity contribution in [2.24, 2.45) is 7.05 Å². The lowest BCUT2D eigenvalue weighted by Crippen LogP contribution is -2.36. The number of hydrogen-bond donors (Lipinski definition) is 1. The Balaban J connectivity index is 1.83. The third kappa shape index (κ3) is 3.46. The molecule has 8 heteroatoms. The summed E-state index contributed by atoms with van der Waals surface area (Å²) < 4.78 is 1.38. The number of nitrogens with zero attached hydrogens (tertiary/aromatic N) is 4. The van der Waals surface area contributed by atoms with E-state index in [1.54, 1.807) is 7.05 Å². The second-order valence-corrected chi connectivity index (χ2v) is 4.91. The molecule has 1 amide bonds. The van der Waals surface area contributed by atoms with Crippen LogP contribution in [0.15, 0.2) is 6.20 Å². The molecule has 1 aliphatic heterocycles. The van der Waals surface area contributed by atoms with E-state index in [1.807, 2.05) is 4.90 Å². The van der Waals surface area contributed by atoms with E-state index in [-0.39, 0.29) is 17.4 Å². The van der Waals surface area contributed by atoms with Gasteiger partial charge in [0.1, 0.15) is 6.20 Å². The minimum absolute atomic E-state index is 0.0714. The van der Waals surface area contributed by atoms with E-state index in [4.69, 9.17) is 0 Å². The average Bonchev–Trinajstić information content (AvgIpc) is 2.81. The summed E-state index contributed by atoms with van der Waals surface area (Å²) in [5.74, 6) is 0.305. The zero-order valence-electron chi connectivity index (χ0n) is 11.5. The molecule has 0 saturated carbocycles. The maximum Gasteiger partial charge on any atom is 0.330 e. The van der Waals surface area contributed by atoms with Gasteiger partial charge in [-0.2, -0.15) is 0 Å². The standard InChI is InChI=1S/C12H19N5O3/c1-15-9-10(17(19)20)12(14-15)13-6-5-11(18)16-7-3-2-4-8-16/h9H,2-8H2,1H3,(H,13,14). The molecular formula is C12H19N5O3. The van der Waals surface area contributed by atoms with Crippen molar-refractivity contribution in [3.63, 3.8) is 0 Å². The molecule has 0 unspecified atom stereocenters. The Kier molecular flexibility index (Phi) is 4.54. The summed E-state index contributed by atoms with van der Waals surface area (Å²) in [5, 5.41) is 17.7. The van der Waals surface area contributed by atoms with Crippen LogP contribution < -0.4 is 5.32 Å². The van der Waals surface area contributed by atoms with Crippen LogP contribution in [0.1, 0.15) is 25.7 Å². The highest BCUT2D eigenvalue weighted by Crippen LogP contribution is 2.21. The van der Waals surface area contributed by atoms with Gasteiger partial charge in [0.2, 0.25) is 11.7 Å². The predicted octanol–water partition coefficient (Wildman–Crippen LogP) is 1.14. The van der Waals surface area contributed by atoms with E-state index in [1.165, 1.54) is 17.3 Å². The molecule has 1 aliphatic rings. The molecule has 1 saturated heterocycles. The first-order valence-electron chi connectivity index (χ1n) is 6.77. The molecule has 0 aliphatic carbocycles. The largest absolute Gasteiger partial charge is 0.362 e. The van der Waals surface area contributed by atoms with Gasteiger partial charge in [-0.1, -0.05) is 0 Å². The van der Waals surface area contributed by atoms with Crippen molar-refractivity contribution in [3.05, 3.63) is 16.3 Å². The van der Waals surface area contributed by atoms with Crippen molar-refractivity contribution < 1.29 is 9.72 Å². The molecular weight excluding hydrogens is 262 g/mol. The Morgan fingerprint density at radius 2 is 2.15 bits per heavy atom. The fourth-order valence-electron chi connectivity index (χ4n) is 2.32. The molecule has 0 aromatic carbocycles. The molecule has 0 radical (unpaired) electrons. The van der Waals surface area contributed by atoms with Gasteiger partial charge in [-0.15, -0.1) is 5.10 Å². The number of nitro groups is 1. The van der Waals surface area contributed by atoms with Gasteiger partial charge in [0.15, 0.2) is 0 Å². The van der Waals surface area contributed by atoms with Crippen LogP contribution in [-0.2, 0) is 11.8 Å². The van der Waals surface area contributed by atoms with Crippen LogP contribution in [0.5, 0.6) is 0 Å². The molecule has 0 atom stereocenters. The van der Waals surface area contributed by atoms with Gasteiger partial charge in [0, 0.05) is 33.1 Å². The lowest BCUT2D eigenvalue weighted by molar-refractivity contribution is -0.384. The van der Waals surface area contributed by atoms with Gasteiger partial charge in [0.05, 0.1) is 4.92 Å². The van der Waals surface area contributed by atoms with Gasteiger partial charge in [-0.05, 0) is 19.3 Å². The van der Waals surface area contributed by atoms with Gasteiger partial charge < -0.3 is 10.2 Å². The second kappa shape index (κ2) is 6.36. The van der Waals surface area contributed by atoms with Crippen molar-refractivity contribution in [1.29, 1.82) is 0 Å². The third-order valence-corrected chi connectivity index (χ3v) is 3.35. The Labute approximate surface area is 116 Å². The number of rotatable bonds is 5. The quantitative estimate of drug-likeness (QED) is 0.645. The number of carbonyl (C=O) groups is 1. The minimum atomic E-state index is -0.484. The van der Waals surface area contributed by atoms with Crippen LogP contribution >= 0.6 is 0 Å². The van der Waals surface area contributed by atoms with Crippen molar-refractivity contribution in [1.82, 2.24) is 14.7 Å². The second-order valence-electron chi connectivity index (χ2n) is 4.91. The Hall–Kier alpha value is -2.12. The number of carbonyl (C=O) groups excluding carboxylic acids is 1. The molecule has 1 aromatic rings. The van der Waals surface area contributed by atoms with Crippen molar-refractivity contribution in [3.8, 4) is 0 Å². The number of hydrogen-bond acceptors (Lipinski definition) is 5. The molecule has 20 heavy (non-hydrogen) atoms. The van der Waals surface area contributed by atoms with E-state index in [0.29, 0.717) is 13.0 Å². The molecule has 0 spiro atoms. The highest BCUT2D eigenvalue weighted by atomic mass is 16.6. The molecule has 8 nitrogen and oxygen atoms in total. The van der Waals surface area contributed by atoms with E-state index < -0.39 is 4.92 Å². The first-order chi connectivity index (χ1) is 9.58. The lowest BCUT2D eigenvalue weighted by atomic mass is 10.1. The smallest absolute Gasteiger partial charge is 0.330 e. The highest BCUT2D eigenvalue weighted by Gasteiger charge is 2.19. The van der Waals surface area contributed by atoms with Gasteiger partial charge in [-0.3, -0.25) is 19.6 Å². The number of aryl methyl sites for hydroxylation is 1. The van der Waals surface area contributed by atoms with Crippen molar-refractivity contribution in [2.75, 3.05) is 25.0 Å². The topological polar surface area (TPSA) is 93.3 Å². The SMILES string of the molecule is Cn1cc([N+](=O)[O-])c(NCCC(=O)N2CCCCC2)n1. The summed E-state index contributed by atoms with van der Waals surface area (Å²) >= 11 is 0. The Morgan fingerprint density at radius 1 is 1.45 bits per heavy atom. The summed E-state index contributed by atoms with van der Waals surface area (Å²) in [6.45, 7) is 2.00.